The Kier molecular flexibility index (Phi) is 5.85. The summed E-state index contributed by atoms with van der Waals surface area (Å²) in [7, 11) is 0. The maximum atomic E-state index is 12.9. The summed E-state index contributed by atoms with van der Waals surface area (Å²) in [4.78, 5) is 14.8. The summed E-state index contributed by atoms with van der Waals surface area (Å²) in [6.07, 6.45) is 1.09. The van der Waals surface area contributed by atoms with Gasteiger partial charge in [-0.2, -0.15) is 0 Å². The second-order valence-electron chi connectivity index (χ2n) is 8.17. The number of benzene rings is 2. The summed E-state index contributed by atoms with van der Waals surface area (Å²) >= 11 is 0. The zero-order valence-electron chi connectivity index (χ0n) is 16.5. The maximum Gasteiger partial charge on any atom is 0.263 e. The molecule has 2 unspecified atom stereocenters. The molecule has 0 radical (unpaired) electrons. The molecule has 1 fully saturated rings. The van der Waals surface area contributed by atoms with Crippen LogP contribution in [0.25, 0.3) is 0 Å². The van der Waals surface area contributed by atoms with Crippen LogP contribution in [0.2, 0.25) is 0 Å². The van der Waals surface area contributed by atoms with E-state index < -0.39 is 6.10 Å². The van der Waals surface area contributed by atoms with Crippen molar-refractivity contribution >= 4 is 5.91 Å². The first kappa shape index (κ1) is 19.4. The molecule has 1 heterocycles. The lowest BCUT2D eigenvalue weighted by atomic mass is 9.79. The third kappa shape index (κ3) is 4.69. The van der Waals surface area contributed by atoms with Crippen molar-refractivity contribution in [1.29, 1.82) is 0 Å². The van der Waals surface area contributed by atoms with Gasteiger partial charge in [0.1, 0.15) is 5.75 Å². The molecule has 1 amide bonds. The molecule has 0 saturated carbocycles. The molecule has 4 heteroatoms. The van der Waals surface area contributed by atoms with E-state index >= 15 is 0 Å². The summed E-state index contributed by atoms with van der Waals surface area (Å²) in [5.41, 5.74) is 8.44. The molecule has 0 aromatic heterocycles. The van der Waals surface area contributed by atoms with E-state index in [1.54, 1.807) is 0 Å². The maximum absolute atomic E-state index is 12.9. The average Bonchev–Trinajstić information content (AvgIpc) is 2.65. The number of ether oxygens (including phenoxy) is 1. The van der Waals surface area contributed by atoms with Crippen LogP contribution in [-0.4, -0.2) is 36.0 Å². The van der Waals surface area contributed by atoms with Crippen LogP contribution in [0.1, 0.15) is 38.3 Å². The minimum Gasteiger partial charge on any atom is -0.481 e. The highest BCUT2D eigenvalue weighted by Gasteiger charge is 2.36. The quantitative estimate of drug-likeness (QED) is 0.879. The minimum absolute atomic E-state index is 0.0319. The highest BCUT2D eigenvalue weighted by molar-refractivity contribution is 5.81. The number of likely N-dealkylation sites (tertiary alicyclic amines) is 1. The van der Waals surface area contributed by atoms with Gasteiger partial charge in [0.05, 0.1) is 0 Å². The first-order valence-electron chi connectivity index (χ1n) is 9.69. The van der Waals surface area contributed by atoms with Crippen molar-refractivity contribution in [3.05, 3.63) is 65.7 Å². The molecule has 0 spiro atoms. The Labute approximate surface area is 162 Å². The average molecular weight is 367 g/mol. The predicted octanol–water partition coefficient (Wildman–Crippen LogP) is 3.63. The van der Waals surface area contributed by atoms with Gasteiger partial charge < -0.3 is 15.4 Å². The van der Waals surface area contributed by atoms with Crippen molar-refractivity contribution in [3.63, 3.8) is 0 Å². The standard InChI is InChI=1S/C23H30N2O2/c1-17(22(26)25-14-13-21(24)23(2,3)16-25)27-20-12-8-7-11-19(20)15-18-9-5-4-6-10-18/h4-12,17,21H,13-16,24H2,1-3H3. The number of hydrogen-bond acceptors (Lipinski definition) is 3. The molecule has 1 aliphatic heterocycles. The fourth-order valence-corrected chi connectivity index (χ4v) is 3.64. The smallest absolute Gasteiger partial charge is 0.263 e. The monoisotopic (exact) mass is 366 g/mol. The topological polar surface area (TPSA) is 55.6 Å². The van der Waals surface area contributed by atoms with Gasteiger partial charge in [0.25, 0.3) is 5.91 Å². The van der Waals surface area contributed by atoms with Crippen LogP contribution in [0.3, 0.4) is 0 Å². The van der Waals surface area contributed by atoms with Crippen LogP contribution in [-0.2, 0) is 11.2 Å². The van der Waals surface area contributed by atoms with Crippen LogP contribution in [0.4, 0.5) is 0 Å². The lowest BCUT2D eigenvalue weighted by Crippen LogP contribution is -2.56. The Morgan fingerprint density at radius 2 is 1.85 bits per heavy atom. The Bertz CT molecular complexity index is 773. The lowest BCUT2D eigenvalue weighted by molar-refractivity contribution is -0.141. The highest BCUT2D eigenvalue weighted by atomic mass is 16.5. The third-order valence-electron chi connectivity index (χ3n) is 5.49. The highest BCUT2D eigenvalue weighted by Crippen LogP contribution is 2.29. The summed E-state index contributed by atoms with van der Waals surface area (Å²) < 4.78 is 6.11. The van der Waals surface area contributed by atoms with E-state index in [0.29, 0.717) is 13.1 Å². The van der Waals surface area contributed by atoms with Gasteiger partial charge in [-0.25, -0.2) is 0 Å². The first-order valence-corrected chi connectivity index (χ1v) is 9.69. The zero-order valence-corrected chi connectivity index (χ0v) is 16.5. The second kappa shape index (κ2) is 8.13. The molecule has 0 bridgehead atoms. The SMILES string of the molecule is CC(Oc1ccccc1Cc1ccccc1)C(=O)N1CCC(N)C(C)(C)C1. The Morgan fingerprint density at radius 1 is 1.19 bits per heavy atom. The summed E-state index contributed by atoms with van der Waals surface area (Å²) in [5, 5.41) is 0. The molecule has 1 saturated heterocycles. The zero-order chi connectivity index (χ0) is 19.4. The normalized spacial score (nSPS) is 20.1. The Morgan fingerprint density at radius 3 is 2.56 bits per heavy atom. The second-order valence-corrected chi connectivity index (χ2v) is 8.17. The van der Waals surface area contributed by atoms with Crippen LogP contribution < -0.4 is 10.5 Å². The molecule has 2 N–H and O–H groups in total. The van der Waals surface area contributed by atoms with E-state index in [1.165, 1.54) is 5.56 Å². The number of carbonyl (C=O) groups is 1. The van der Waals surface area contributed by atoms with Crippen molar-refractivity contribution < 1.29 is 9.53 Å². The number of nitrogens with two attached hydrogens (primary N) is 1. The van der Waals surface area contributed by atoms with E-state index in [-0.39, 0.29) is 17.4 Å². The van der Waals surface area contributed by atoms with E-state index in [2.05, 4.69) is 32.0 Å². The van der Waals surface area contributed by atoms with Gasteiger partial charge in [0.15, 0.2) is 6.10 Å². The van der Waals surface area contributed by atoms with E-state index in [1.807, 2.05) is 48.2 Å². The van der Waals surface area contributed by atoms with Crippen molar-refractivity contribution in [2.24, 2.45) is 11.1 Å². The van der Waals surface area contributed by atoms with Gasteiger partial charge in [-0.15, -0.1) is 0 Å². The molecular formula is C23H30N2O2. The third-order valence-corrected chi connectivity index (χ3v) is 5.49. The predicted molar refractivity (Wildman–Crippen MR) is 109 cm³/mol. The molecule has 0 aliphatic carbocycles. The van der Waals surface area contributed by atoms with Gasteiger partial charge in [0.2, 0.25) is 0 Å². The Hall–Kier alpha value is -2.33. The number of para-hydroxylation sites is 1. The van der Waals surface area contributed by atoms with Crippen LogP contribution in [0.5, 0.6) is 5.75 Å². The van der Waals surface area contributed by atoms with Crippen molar-refractivity contribution in [2.75, 3.05) is 13.1 Å². The van der Waals surface area contributed by atoms with Gasteiger partial charge in [0, 0.05) is 25.6 Å². The number of nitrogens with zero attached hydrogens (tertiary/aromatic N) is 1. The number of hydrogen-bond donors (Lipinski definition) is 1. The minimum atomic E-state index is -0.521. The molecule has 1 aliphatic rings. The Balaban J connectivity index is 1.69. The van der Waals surface area contributed by atoms with Crippen molar-refractivity contribution in [3.8, 4) is 5.75 Å². The number of rotatable bonds is 5. The summed E-state index contributed by atoms with van der Waals surface area (Å²) in [5.74, 6) is 0.805. The van der Waals surface area contributed by atoms with Crippen molar-refractivity contribution in [1.82, 2.24) is 4.90 Å². The van der Waals surface area contributed by atoms with E-state index in [0.717, 1.165) is 24.2 Å². The van der Waals surface area contributed by atoms with E-state index in [4.69, 9.17) is 10.5 Å². The lowest BCUT2D eigenvalue weighted by Gasteiger charge is -2.43. The van der Waals surface area contributed by atoms with Crippen LogP contribution in [0.15, 0.2) is 54.6 Å². The molecular weight excluding hydrogens is 336 g/mol. The van der Waals surface area contributed by atoms with E-state index in [9.17, 15) is 4.79 Å². The summed E-state index contributed by atoms with van der Waals surface area (Å²) in [6, 6.07) is 18.4. The largest absolute Gasteiger partial charge is 0.481 e. The van der Waals surface area contributed by atoms with Gasteiger partial charge in [-0.05, 0) is 36.0 Å². The molecule has 27 heavy (non-hydrogen) atoms. The number of piperidine rings is 1. The number of carbonyl (C=O) groups excluding carboxylic acids is 1. The van der Waals surface area contributed by atoms with Gasteiger partial charge >= 0.3 is 0 Å². The van der Waals surface area contributed by atoms with Crippen molar-refractivity contribution in [2.45, 2.75) is 45.8 Å². The molecule has 3 rings (SSSR count). The molecule has 144 valence electrons. The van der Waals surface area contributed by atoms with Gasteiger partial charge in [-0.1, -0.05) is 62.4 Å². The molecule has 2 aromatic rings. The fraction of sp³-hybridized carbons (Fsp3) is 0.435. The van der Waals surface area contributed by atoms with Gasteiger partial charge in [-0.3, -0.25) is 4.79 Å². The van der Waals surface area contributed by atoms with Crippen LogP contribution in [0, 0.1) is 5.41 Å². The molecule has 2 atom stereocenters. The summed E-state index contributed by atoms with van der Waals surface area (Å²) in [6.45, 7) is 7.45. The van der Waals surface area contributed by atoms with Crippen LogP contribution >= 0.6 is 0 Å². The molecule has 4 nitrogen and oxygen atoms in total. The number of amides is 1. The fourth-order valence-electron chi connectivity index (χ4n) is 3.64. The molecule has 2 aromatic carbocycles. The first-order chi connectivity index (χ1) is 12.9.